The fourth-order valence-electron chi connectivity index (χ4n) is 1.15. The topological polar surface area (TPSA) is 99.9 Å². The molecule has 0 bridgehead atoms. The third-order valence-corrected chi connectivity index (χ3v) is 4.93. The van der Waals surface area contributed by atoms with Crippen molar-refractivity contribution in [2.24, 2.45) is 5.73 Å². The summed E-state index contributed by atoms with van der Waals surface area (Å²) in [6.07, 6.45) is 0.584. The summed E-state index contributed by atoms with van der Waals surface area (Å²) in [5.74, 6) is -1.78. The number of hydrogen-bond acceptors (Lipinski definition) is 5. The lowest BCUT2D eigenvalue weighted by Gasteiger charge is -2.24. The van der Waals surface area contributed by atoms with Crippen LogP contribution in [0.5, 0.6) is 0 Å². The van der Waals surface area contributed by atoms with Crippen molar-refractivity contribution in [2.45, 2.75) is 12.5 Å². The first-order valence-corrected chi connectivity index (χ1v) is 6.67. The number of nitrogens with one attached hydrogen (secondary N) is 1. The molecule has 16 heavy (non-hydrogen) atoms. The quantitative estimate of drug-likeness (QED) is 0.338. The smallest absolute Gasteiger partial charge is 0.377 e. The zero-order chi connectivity index (χ0) is 12.6. The van der Waals surface area contributed by atoms with E-state index in [0.29, 0.717) is 19.0 Å². The van der Waals surface area contributed by atoms with Crippen LogP contribution < -0.4 is 11.1 Å². The summed E-state index contributed by atoms with van der Waals surface area (Å²) in [5.41, 5.74) is 4.77. The molecule has 0 spiro atoms. The summed E-state index contributed by atoms with van der Waals surface area (Å²) in [6, 6.07) is 0.551. The Bertz CT molecular complexity index is 236. The minimum atomic E-state index is -2.58. The average Bonchev–Trinajstić information content (AvgIpc) is 2.30. The molecule has 0 saturated carbocycles. The second-order valence-electron chi connectivity index (χ2n) is 3.02. The molecule has 0 fully saturated rings. The van der Waals surface area contributed by atoms with Crippen molar-refractivity contribution in [1.29, 1.82) is 0 Å². The van der Waals surface area contributed by atoms with Crippen LogP contribution in [0.3, 0.4) is 0 Å². The maximum atomic E-state index is 10.8. The van der Waals surface area contributed by atoms with Gasteiger partial charge in [-0.3, -0.25) is 9.59 Å². The summed E-state index contributed by atoms with van der Waals surface area (Å²) >= 11 is 0. The van der Waals surface area contributed by atoms with Gasteiger partial charge in [-0.15, -0.1) is 0 Å². The molecule has 7 nitrogen and oxygen atoms in total. The van der Waals surface area contributed by atoms with Gasteiger partial charge >= 0.3 is 20.6 Å². The van der Waals surface area contributed by atoms with E-state index in [1.807, 2.05) is 0 Å². The van der Waals surface area contributed by atoms with Crippen molar-refractivity contribution in [3.8, 4) is 0 Å². The largest absolute Gasteiger partial charge is 0.500 e. The Hall–Kier alpha value is -0.963. The number of amides is 2. The van der Waals surface area contributed by atoms with Crippen molar-refractivity contribution < 1.29 is 22.9 Å². The first kappa shape index (κ1) is 15.0. The third kappa shape index (κ3) is 4.70. The highest BCUT2D eigenvalue weighted by atomic mass is 28.4. The van der Waals surface area contributed by atoms with E-state index in [0.717, 1.165) is 0 Å². The van der Waals surface area contributed by atoms with E-state index in [9.17, 15) is 9.59 Å². The highest BCUT2D eigenvalue weighted by molar-refractivity contribution is 6.60. The fourth-order valence-corrected chi connectivity index (χ4v) is 2.87. The molecule has 0 unspecified atom stereocenters. The fraction of sp³-hybridized carbons (Fsp3) is 0.750. The normalized spacial score (nSPS) is 11.2. The highest BCUT2D eigenvalue weighted by Gasteiger charge is 2.36. The van der Waals surface area contributed by atoms with Gasteiger partial charge in [0.25, 0.3) is 0 Å². The van der Waals surface area contributed by atoms with Crippen molar-refractivity contribution in [3.63, 3.8) is 0 Å². The van der Waals surface area contributed by atoms with Crippen molar-refractivity contribution >= 4 is 20.6 Å². The molecule has 0 aromatic rings. The molecule has 0 saturated heterocycles. The molecule has 0 aliphatic rings. The monoisotopic (exact) mass is 250 g/mol. The lowest BCUT2D eigenvalue weighted by Crippen LogP contribution is -2.43. The molecule has 0 aromatic heterocycles. The number of nitrogens with two attached hydrogens (primary N) is 1. The predicted molar refractivity (Wildman–Crippen MR) is 58.4 cm³/mol. The average molecular weight is 250 g/mol. The third-order valence-electron chi connectivity index (χ3n) is 2.10. The molecular formula is C8H18N2O5Si. The van der Waals surface area contributed by atoms with E-state index in [1.165, 1.54) is 21.3 Å². The Morgan fingerprint density at radius 1 is 1.19 bits per heavy atom. The zero-order valence-electron chi connectivity index (χ0n) is 9.74. The van der Waals surface area contributed by atoms with Crippen molar-refractivity contribution in [3.05, 3.63) is 0 Å². The summed E-state index contributed by atoms with van der Waals surface area (Å²) in [4.78, 5) is 21.2. The molecular weight excluding hydrogens is 232 g/mol. The Kier molecular flexibility index (Phi) is 6.89. The molecule has 3 N–H and O–H groups in total. The lowest BCUT2D eigenvalue weighted by molar-refractivity contribution is -0.137. The van der Waals surface area contributed by atoms with Gasteiger partial charge in [0.05, 0.1) is 0 Å². The molecule has 0 rings (SSSR count). The van der Waals surface area contributed by atoms with E-state index in [4.69, 9.17) is 19.0 Å². The molecule has 94 valence electrons. The van der Waals surface area contributed by atoms with Gasteiger partial charge in [0.2, 0.25) is 0 Å². The number of primary amides is 1. The van der Waals surface area contributed by atoms with Crippen LogP contribution in [-0.4, -0.2) is 48.5 Å². The number of hydrogen-bond donors (Lipinski definition) is 2. The van der Waals surface area contributed by atoms with E-state index in [-0.39, 0.29) is 0 Å². The van der Waals surface area contributed by atoms with Crippen LogP contribution in [0.15, 0.2) is 0 Å². The predicted octanol–water partition coefficient (Wildman–Crippen LogP) is -1.14. The Morgan fingerprint density at radius 2 is 1.69 bits per heavy atom. The SMILES string of the molecule is CO[Si](CCCNC(=O)C(N)=O)(OC)OC. The molecule has 8 heteroatoms. The summed E-state index contributed by atoms with van der Waals surface area (Å²) in [5, 5.41) is 2.37. The van der Waals surface area contributed by atoms with Gasteiger partial charge in [-0.2, -0.15) is 0 Å². The van der Waals surface area contributed by atoms with Crippen LogP contribution >= 0.6 is 0 Å². The van der Waals surface area contributed by atoms with Gasteiger partial charge in [0, 0.05) is 33.9 Å². The maximum Gasteiger partial charge on any atom is 0.500 e. The number of carbonyl (C=O) groups excluding carboxylic acids is 2. The van der Waals surface area contributed by atoms with E-state index in [1.54, 1.807) is 0 Å². The second kappa shape index (κ2) is 7.33. The Balaban J connectivity index is 3.88. The molecule has 2 amide bonds. The summed E-state index contributed by atoms with van der Waals surface area (Å²) < 4.78 is 15.5. The van der Waals surface area contributed by atoms with E-state index >= 15 is 0 Å². The van der Waals surface area contributed by atoms with E-state index in [2.05, 4.69) is 5.32 Å². The number of rotatable bonds is 7. The minimum Gasteiger partial charge on any atom is -0.377 e. The van der Waals surface area contributed by atoms with Gasteiger partial charge in [0.1, 0.15) is 0 Å². The lowest BCUT2D eigenvalue weighted by atomic mass is 10.4. The van der Waals surface area contributed by atoms with Crippen LogP contribution in [-0.2, 0) is 22.9 Å². The van der Waals surface area contributed by atoms with Crippen LogP contribution in [0.4, 0.5) is 0 Å². The Labute approximate surface area is 95.6 Å². The molecule has 0 aromatic carbocycles. The molecule has 0 aliphatic heterocycles. The second-order valence-corrected chi connectivity index (χ2v) is 6.11. The van der Waals surface area contributed by atoms with Gasteiger partial charge in [-0.1, -0.05) is 0 Å². The summed E-state index contributed by atoms with van der Waals surface area (Å²) in [7, 11) is 1.96. The maximum absolute atomic E-state index is 10.8. The number of carbonyl (C=O) groups is 2. The Morgan fingerprint density at radius 3 is 2.06 bits per heavy atom. The minimum absolute atomic E-state index is 0.326. The van der Waals surface area contributed by atoms with Crippen molar-refractivity contribution in [1.82, 2.24) is 5.32 Å². The van der Waals surface area contributed by atoms with E-state index < -0.39 is 20.6 Å². The van der Waals surface area contributed by atoms with Gasteiger partial charge < -0.3 is 24.3 Å². The van der Waals surface area contributed by atoms with Gasteiger partial charge in [-0.25, -0.2) is 0 Å². The van der Waals surface area contributed by atoms with Crippen molar-refractivity contribution in [2.75, 3.05) is 27.9 Å². The van der Waals surface area contributed by atoms with Gasteiger partial charge in [0.15, 0.2) is 0 Å². The highest BCUT2D eigenvalue weighted by Crippen LogP contribution is 2.14. The summed E-state index contributed by atoms with van der Waals surface area (Å²) in [6.45, 7) is 0.326. The van der Waals surface area contributed by atoms with Crippen LogP contribution in [0.25, 0.3) is 0 Å². The molecule has 0 atom stereocenters. The van der Waals surface area contributed by atoms with Crippen LogP contribution in [0, 0.1) is 0 Å². The molecule has 0 aliphatic carbocycles. The molecule has 0 heterocycles. The van der Waals surface area contributed by atoms with Gasteiger partial charge in [-0.05, 0) is 6.42 Å². The van der Waals surface area contributed by atoms with Crippen LogP contribution in [0.1, 0.15) is 6.42 Å². The molecule has 0 radical (unpaired) electrons. The first-order valence-electron chi connectivity index (χ1n) is 4.74. The first-order chi connectivity index (χ1) is 7.51. The zero-order valence-corrected chi connectivity index (χ0v) is 10.7. The van der Waals surface area contributed by atoms with Crippen LogP contribution in [0.2, 0.25) is 6.04 Å². The standard InChI is InChI=1S/C8H18N2O5Si/c1-13-16(14-2,15-3)6-4-5-10-8(12)7(9)11/h4-6H2,1-3H3,(H2,9,11)(H,10,12).